The number of methoxy groups -OCH3 is 1. The number of nitrogens with zero attached hydrogens (tertiary/aromatic N) is 3. The van der Waals surface area contributed by atoms with Crippen LogP contribution in [0.25, 0.3) is 5.69 Å². The lowest BCUT2D eigenvalue weighted by Gasteiger charge is -2.32. The maximum absolute atomic E-state index is 14.8. The second kappa shape index (κ2) is 13.8. The molecule has 3 aromatic carbocycles. The van der Waals surface area contributed by atoms with Crippen LogP contribution in [0.5, 0.6) is 5.75 Å². The van der Waals surface area contributed by atoms with Crippen LogP contribution in [0, 0.1) is 5.92 Å². The lowest BCUT2D eigenvalue weighted by atomic mass is 9.82. The Bertz CT molecular complexity index is 1890. The molecule has 1 saturated heterocycles. The highest BCUT2D eigenvalue weighted by atomic mass is 28.4. The molecule has 4 atom stereocenters. The molecule has 256 valence electrons. The van der Waals surface area contributed by atoms with E-state index in [1.54, 1.807) is 28.1 Å². The second-order valence-electron chi connectivity index (χ2n) is 13.4. The van der Waals surface area contributed by atoms with Crippen molar-refractivity contribution in [1.82, 2.24) is 9.47 Å². The molecule has 6 rings (SSSR count). The molecule has 0 aliphatic carbocycles. The Morgan fingerprint density at radius 2 is 1.69 bits per heavy atom. The van der Waals surface area contributed by atoms with E-state index in [1.807, 2.05) is 98.9 Å². The average molecular weight is 682 g/mol. The predicted octanol–water partition coefficient (Wildman–Crippen LogP) is 4.60. The van der Waals surface area contributed by atoms with Crippen molar-refractivity contribution in [3.05, 3.63) is 124 Å². The minimum Gasteiger partial charge on any atom is -0.491 e. The second-order valence-corrected chi connectivity index (χ2v) is 17.4. The number of fused-ring (bicyclic) bond motifs is 2. The number of aliphatic hydroxyl groups is 1. The Morgan fingerprint density at radius 3 is 2.41 bits per heavy atom. The van der Waals surface area contributed by atoms with Crippen LogP contribution in [0.1, 0.15) is 30.0 Å². The summed E-state index contributed by atoms with van der Waals surface area (Å²) in [6.07, 6.45) is 0.923. The number of para-hydroxylation sites is 1. The molecule has 0 unspecified atom stereocenters. The van der Waals surface area contributed by atoms with Gasteiger partial charge in [0.2, 0.25) is 5.91 Å². The number of hydrogen-bond donors (Lipinski definition) is 2. The third-order valence-corrected chi connectivity index (χ3v) is 12.4. The molecule has 0 radical (unpaired) electrons. The Morgan fingerprint density at radius 1 is 0.980 bits per heavy atom. The van der Waals surface area contributed by atoms with E-state index in [0.717, 1.165) is 11.1 Å². The van der Waals surface area contributed by atoms with E-state index in [9.17, 15) is 24.3 Å². The van der Waals surface area contributed by atoms with Gasteiger partial charge in [0.1, 0.15) is 0 Å². The number of aromatic nitrogens is 1. The topological polar surface area (TPSA) is 122 Å². The van der Waals surface area contributed by atoms with Gasteiger partial charge in [-0.3, -0.25) is 19.0 Å². The lowest BCUT2D eigenvalue weighted by molar-refractivity contribution is -0.150. The lowest BCUT2D eigenvalue weighted by Crippen LogP contribution is -2.46. The number of benzene rings is 3. The van der Waals surface area contributed by atoms with Crippen LogP contribution in [0.2, 0.25) is 18.6 Å². The van der Waals surface area contributed by atoms with E-state index < -0.39 is 31.5 Å². The van der Waals surface area contributed by atoms with E-state index in [1.165, 1.54) is 11.7 Å². The molecule has 1 fully saturated rings. The molecular formula is C38H43N3O7Si. The molecule has 3 heterocycles. The quantitative estimate of drug-likeness (QED) is 0.222. The first-order valence-electron chi connectivity index (χ1n) is 16.6. The molecule has 10 nitrogen and oxygen atoms in total. The minimum atomic E-state index is -3.00. The van der Waals surface area contributed by atoms with Crippen molar-refractivity contribution in [3.63, 3.8) is 0 Å². The van der Waals surface area contributed by atoms with Crippen molar-refractivity contribution in [2.24, 2.45) is 5.92 Å². The summed E-state index contributed by atoms with van der Waals surface area (Å²) >= 11 is 0. The number of ether oxygens (including phenoxy) is 2. The van der Waals surface area contributed by atoms with Crippen LogP contribution in [0.15, 0.2) is 102 Å². The third-order valence-electron chi connectivity index (χ3n) is 9.87. The van der Waals surface area contributed by atoms with Crippen LogP contribution in [-0.2, 0) is 33.0 Å². The largest absolute Gasteiger partial charge is 0.491 e. The SMILES string of the molecule is COc1cccn(-c2cccc(CN3C(=O)[C@@]4(O[C@@H](CC(=O)N(CCO)Cc5ccccc5)[C@H]([Si](C)(C)O)[C@H]4C)c4ccccc43)c2)c1=O. The van der Waals surface area contributed by atoms with Crippen molar-refractivity contribution < 1.29 is 29.0 Å². The summed E-state index contributed by atoms with van der Waals surface area (Å²) in [5.41, 5.74) is 1.67. The number of aliphatic hydroxyl groups excluding tert-OH is 1. The van der Waals surface area contributed by atoms with Crippen LogP contribution in [0.3, 0.4) is 0 Å². The van der Waals surface area contributed by atoms with E-state index >= 15 is 0 Å². The fraction of sp³-hybridized carbons (Fsp3) is 0.342. The molecule has 2 N–H and O–H groups in total. The molecular weight excluding hydrogens is 639 g/mol. The molecule has 2 amide bonds. The summed E-state index contributed by atoms with van der Waals surface area (Å²) in [5.74, 6) is -0.670. The molecule has 0 bridgehead atoms. The maximum atomic E-state index is 14.8. The van der Waals surface area contributed by atoms with E-state index in [4.69, 9.17) is 9.47 Å². The molecule has 0 saturated carbocycles. The highest BCUT2D eigenvalue weighted by molar-refractivity contribution is 6.71. The van der Waals surface area contributed by atoms with Gasteiger partial charge in [-0.05, 0) is 54.6 Å². The van der Waals surface area contributed by atoms with Crippen molar-refractivity contribution in [1.29, 1.82) is 0 Å². The van der Waals surface area contributed by atoms with Gasteiger partial charge in [0.25, 0.3) is 11.5 Å². The van der Waals surface area contributed by atoms with E-state index in [0.29, 0.717) is 23.5 Å². The van der Waals surface area contributed by atoms with Crippen LogP contribution in [-0.4, -0.2) is 65.9 Å². The van der Waals surface area contributed by atoms with E-state index in [2.05, 4.69) is 0 Å². The number of amides is 2. The molecule has 11 heteroatoms. The number of carbonyl (C=O) groups excluding carboxylic acids is 2. The van der Waals surface area contributed by atoms with Gasteiger partial charge in [-0.2, -0.15) is 0 Å². The number of rotatable bonds is 11. The van der Waals surface area contributed by atoms with Crippen molar-refractivity contribution in [2.45, 2.75) is 56.8 Å². The highest BCUT2D eigenvalue weighted by Crippen LogP contribution is 2.59. The zero-order chi connectivity index (χ0) is 34.9. The van der Waals surface area contributed by atoms with Gasteiger partial charge in [0.05, 0.1) is 38.5 Å². The number of carbonyl (C=O) groups is 2. The average Bonchev–Trinajstić information content (AvgIpc) is 3.51. The molecule has 1 aromatic heterocycles. The van der Waals surface area contributed by atoms with Crippen LogP contribution in [0.4, 0.5) is 5.69 Å². The van der Waals surface area contributed by atoms with E-state index in [-0.39, 0.29) is 49.2 Å². The smallest absolute Gasteiger partial charge is 0.297 e. The number of anilines is 1. The first-order valence-corrected chi connectivity index (χ1v) is 19.6. The molecule has 49 heavy (non-hydrogen) atoms. The van der Waals surface area contributed by atoms with Crippen LogP contribution < -0.4 is 15.2 Å². The zero-order valence-corrected chi connectivity index (χ0v) is 29.3. The van der Waals surface area contributed by atoms with Gasteiger partial charge in [-0.1, -0.05) is 67.6 Å². The Labute approximate surface area is 287 Å². The first-order chi connectivity index (χ1) is 23.5. The number of pyridine rings is 1. The van der Waals surface area contributed by atoms with Crippen LogP contribution >= 0.6 is 0 Å². The Hall–Kier alpha value is -4.55. The van der Waals surface area contributed by atoms with Gasteiger partial charge in [-0.25, -0.2) is 0 Å². The standard InChI is InChI=1S/C38H43N3O7Si/c1-26-35(49(3,4)46)33(23-34(43)39(20-21-42)24-27-12-6-5-7-13-27)48-38(26)30-16-8-9-17-31(30)41(37(38)45)25-28-14-10-15-29(22-28)40-19-11-18-32(47-2)36(40)44/h5-19,22,26,33,35,42,46H,20-21,23-25H2,1-4H3/t26-,33+,35-,38+/m1/s1. The third kappa shape index (κ3) is 6.35. The first kappa shape index (κ1) is 34.3. The zero-order valence-electron chi connectivity index (χ0n) is 28.3. The normalized spacial score (nSPS) is 21.6. The molecule has 1 spiro atoms. The fourth-order valence-electron chi connectivity index (χ4n) is 7.73. The van der Waals surface area contributed by atoms with Crippen molar-refractivity contribution in [3.8, 4) is 11.4 Å². The van der Waals surface area contributed by atoms with Gasteiger partial charge in [0, 0.05) is 42.0 Å². The summed E-state index contributed by atoms with van der Waals surface area (Å²) in [7, 11) is -1.55. The van der Waals surface area contributed by atoms with Crippen molar-refractivity contribution in [2.75, 3.05) is 25.2 Å². The van der Waals surface area contributed by atoms with Crippen molar-refractivity contribution >= 4 is 25.8 Å². The monoisotopic (exact) mass is 681 g/mol. The highest BCUT2D eigenvalue weighted by Gasteiger charge is 2.66. The Kier molecular flexibility index (Phi) is 9.63. The molecule has 4 aromatic rings. The minimum absolute atomic E-state index is 0.0344. The fourth-order valence-corrected chi connectivity index (χ4v) is 10.3. The summed E-state index contributed by atoms with van der Waals surface area (Å²) < 4.78 is 13.6. The summed E-state index contributed by atoms with van der Waals surface area (Å²) in [5, 5.41) is 9.80. The number of hydrogen-bond acceptors (Lipinski definition) is 7. The maximum Gasteiger partial charge on any atom is 0.297 e. The molecule has 2 aliphatic rings. The molecule has 2 aliphatic heterocycles. The van der Waals surface area contributed by atoms with Gasteiger partial charge < -0.3 is 29.2 Å². The van der Waals surface area contributed by atoms with Gasteiger partial charge in [0.15, 0.2) is 19.7 Å². The van der Waals surface area contributed by atoms with Gasteiger partial charge in [-0.15, -0.1) is 0 Å². The Balaban J connectivity index is 1.32. The summed E-state index contributed by atoms with van der Waals surface area (Å²) in [4.78, 5) is 56.6. The van der Waals surface area contributed by atoms with Gasteiger partial charge >= 0.3 is 0 Å². The predicted molar refractivity (Wildman–Crippen MR) is 189 cm³/mol. The summed E-state index contributed by atoms with van der Waals surface area (Å²) in [6, 6.07) is 27.9. The summed E-state index contributed by atoms with van der Waals surface area (Å²) in [6.45, 7) is 6.12.